The summed E-state index contributed by atoms with van der Waals surface area (Å²) in [6.45, 7) is 2.25. The van der Waals surface area contributed by atoms with Crippen molar-refractivity contribution in [2.24, 2.45) is 0 Å². The summed E-state index contributed by atoms with van der Waals surface area (Å²) in [6.07, 6.45) is 4.62. The number of hydrogen-bond acceptors (Lipinski definition) is 3. The van der Waals surface area contributed by atoms with E-state index in [0.717, 1.165) is 16.7 Å². The molecule has 3 amide bonds. The lowest BCUT2D eigenvalue weighted by Gasteiger charge is -2.11. The standard InChI is InChI=1S/C16H14N2O3/c1-11-2-4-12(5-3-11)9-18-15(19)14(17-16(18)20)8-13-6-7-21-10-13/h2-8,10H,9H2,1H3,(H,17,20)/b14-8+. The normalized spacial score (nSPS) is 16.6. The maximum Gasteiger partial charge on any atom is 0.329 e. The number of benzene rings is 1. The first kappa shape index (κ1) is 13.2. The van der Waals surface area contributed by atoms with E-state index in [-0.39, 0.29) is 18.1 Å². The Hall–Kier alpha value is -2.82. The number of rotatable bonds is 3. The molecule has 1 fully saturated rings. The Kier molecular flexibility index (Phi) is 3.31. The minimum absolute atomic E-state index is 0.258. The van der Waals surface area contributed by atoms with E-state index in [0.29, 0.717) is 0 Å². The Bertz CT molecular complexity index is 700. The van der Waals surface area contributed by atoms with Crippen LogP contribution in [-0.2, 0) is 11.3 Å². The lowest BCUT2D eigenvalue weighted by atomic mass is 10.1. The van der Waals surface area contributed by atoms with Crippen LogP contribution in [-0.4, -0.2) is 16.8 Å². The zero-order valence-electron chi connectivity index (χ0n) is 11.5. The minimum atomic E-state index is -0.407. The molecule has 1 aromatic carbocycles. The van der Waals surface area contributed by atoms with Gasteiger partial charge in [0.15, 0.2) is 0 Å². The molecule has 1 aliphatic heterocycles. The van der Waals surface area contributed by atoms with Crippen molar-refractivity contribution in [2.75, 3.05) is 0 Å². The van der Waals surface area contributed by atoms with Crippen molar-refractivity contribution < 1.29 is 14.0 Å². The molecule has 106 valence electrons. The van der Waals surface area contributed by atoms with Crippen molar-refractivity contribution in [1.82, 2.24) is 10.2 Å². The highest BCUT2D eigenvalue weighted by Gasteiger charge is 2.33. The van der Waals surface area contributed by atoms with Crippen LogP contribution >= 0.6 is 0 Å². The van der Waals surface area contributed by atoms with Crippen molar-refractivity contribution in [2.45, 2.75) is 13.5 Å². The molecule has 0 bridgehead atoms. The van der Waals surface area contributed by atoms with E-state index >= 15 is 0 Å². The largest absolute Gasteiger partial charge is 0.472 e. The molecule has 1 aliphatic rings. The summed E-state index contributed by atoms with van der Waals surface area (Å²) < 4.78 is 4.94. The third kappa shape index (κ3) is 2.72. The van der Waals surface area contributed by atoms with Crippen LogP contribution < -0.4 is 5.32 Å². The number of nitrogens with zero attached hydrogens (tertiary/aromatic N) is 1. The first-order valence-electron chi connectivity index (χ1n) is 6.56. The summed E-state index contributed by atoms with van der Waals surface area (Å²) in [5.74, 6) is -0.332. The zero-order chi connectivity index (χ0) is 14.8. The molecule has 2 heterocycles. The molecule has 0 unspecified atom stereocenters. The molecule has 1 N–H and O–H groups in total. The van der Waals surface area contributed by atoms with Gasteiger partial charge in [-0.1, -0.05) is 29.8 Å². The minimum Gasteiger partial charge on any atom is -0.472 e. The fourth-order valence-electron chi connectivity index (χ4n) is 2.12. The zero-order valence-corrected chi connectivity index (χ0v) is 11.5. The Labute approximate surface area is 121 Å². The van der Waals surface area contributed by atoms with Crippen LogP contribution in [0.4, 0.5) is 4.79 Å². The second-order valence-electron chi connectivity index (χ2n) is 4.92. The van der Waals surface area contributed by atoms with Gasteiger partial charge >= 0.3 is 6.03 Å². The predicted octanol–water partition coefficient (Wildman–Crippen LogP) is 2.68. The maximum atomic E-state index is 12.3. The molecule has 1 aromatic heterocycles. The second-order valence-corrected chi connectivity index (χ2v) is 4.92. The fraction of sp³-hybridized carbons (Fsp3) is 0.125. The van der Waals surface area contributed by atoms with Crippen LogP contribution in [0.1, 0.15) is 16.7 Å². The molecule has 5 nitrogen and oxygen atoms in total. The molecule has 0 aliphatic carbocycles. The smallest absolute Gasteiger partial charge is 0.329 e. The van der Waals surface area contributed by atoms with Crippen molar-refractivity contribution in [3.8, 4) is 0 Å². The van der Waals surface area contributed by atoms with Gasteiger partial charge in [0.25, 0.3) is 5.91 Å². The van der Waals surface area contributed by atoms with Crippen LogP contribution in [0, 0.1) is 6.92 Å². The highest BCUT2D eigenvalue weighted by atomic mass is 16.3. The molecule has 2 aromatic rings. The average Bonchev–Trinajstić information content (AvgIpc) is 3.06. The molecule has 21 heavy (non-hydrogen) atoms. The van der Waals surface area contributed by atoms with Crippen LogP contribution in [0.5, 0.6) is 0 Å². The van der Waals surface area contributed by atoms with Crippen LogP contribution in [0.2, 0.25) is 0 Å². The lowest BCUT2D eigenvalue weighted by Crippen LogP contribution is -2.30. The van der Waals surface area contributed by atoms with Gasteiger partial charge in [0.1, 0.15) is 5.70 Å². The number of furan rings is 1. The van der Waals surface area contributed by atoms with Gasteiger partial charge in [-0.2, -0.15) is 0 Å². The maximum absolute atomic E-state index is 12.3. The number of imide groups is 1. The molecule has 0 atom stereocenters. The number of urea groups is 1. The van der Waals surface area contributed by atoms with Crippen molar-refractivity contribution in [3.05, 3.63) is 65.2 Å². The average molecular weight is 282 g/mol. The Balaban J connectivity index is 1.79. The Morgan fingerprint density at radius 1 is 1.19 bits per heavy atom. The molecular weight excluding hydrogens is 268 g/mol. The molecular formula is C16H14N2O3. The van der Waals surface area contributed by atoms with Gasteiger partial charge in [0.2, 0.25) is 0 Å². The van der Waals surface area contributed by atoms with Crippen molar-refractivity contribution >= 4 is 18.0 Å². The van der Waals surface area contributed by atoms with Crippen molar-refractivity contribution in [3.63, 3.8) is 0 Å². The summed E-state index contributed by atoms with van der Waals surface area (Å²) in [5.41, 5.74) is 3.04. The quantitative estimate of drug-likeness (QED) is 0.695. The molecule has 0 radical (unpaired) electrons. The van der Waals surface area contributed by atoms with E-state index in [1.54, 1.807) is 12.1 Å². The number of aryl methyl sites for hydroxylation is 1. The second kappa shape index (κ2) is 5.28. The summed E-state index contributed by atoms with van der Waals surface area (Å²) in [7, 11) is 0. The molecule has 3 rings (SSSR count). The summed E-state index contributed by atoms with van der Waals surface area (Å²) >= 11 is 0. The van der Waals surface area contributed by atoms with E-state index in [2.05, 4.69) is 5.32 Å². The topological polar surface area (TPSA) is 62.6 Å². The van der Waals surface area contributed by atoms with Crippen LogP contribution in [0.3, 0.4) is 0 Å². The van der Waals surface area contributed by atoms with Crippen molar-refractivity contribution in [1.29, 1.82) is 0 Å². The number of carbonyl (C=O) groups is 2. The summed E-state index contributed by atoms with van der Waals surface area (Å²) in [6, 6.07) is 9.04. The first-order chi connectivity index (χ1) is 10.1. The molecule has 1 saturated heterocycles. The Morgan fingerprint density at radius 2 is 1.95 bits per heavy atom. The number of amides is 3. The van der Waals surface area contributed by atoms with Gasteiger partial charge in [-0.25, -0.2) is 4.79 Å². The fourth-order valence-corrected chi connectivity index (χ4v) is 2.12. The van der Waals surface area contributed by atoms with Gasteiger partial charge in [-0.05, 0) is 24.6 Å². The number of hydrogen-bond donors (Lipinski definition) is 1. The highest BCUT2D eigenvalue weighted by Crippen LogP contribution is 2.17. The molecule has 5 heteroatoms. The predicted molar refractivity (Wildman–Crippen MR) is 76.9 cm³/mol. The van der Waals surface area contributed by atoms with Crippen LogP contribution in [0.25, 0.3) is 6.08 Å². The number of nitrogens with one attached hydrogen (secondary N) is 1. The summed E-state index contributed by atoms with van der Waals surface area (Å²) in [5, 5.41) is 2.58. The van der Waals surface area contributed by atoms with E-state index in [4.69, 9.17) is 4.42 Å². The third-order valence-electron chi connectivity index (χ3n) is 3.28. The molecule has 0 saturated carbocycles. The van der Waals surface area contributed by atoms with Gasteiger partial charge in [0.05, 0.1) is 19.1 Å². The summed E-state index contributed by atoms with van der Waals surface area (Å²) in [4.78, 5) is 25.4. The SMILES string of the molecule is Cc1ccc(CN2C(=O)N/C(=C/c3ccoc3)C2=O)cc1. The third-order valence-corrected chi connectivity index (χ3v) is 3.28. The van der Waals surface area contributed by atoms with E-state index in [1.807, 2.05) is 31.2 Å². The van der Waals surface area contributed by atoms with Gasteiger partial charge in [0, 0.05) is 5.56 Å². The number of carbonyl (C=O) groups excluding carboxylic acids is 2. The Morgan fingerprint density at radius 3 is 2.62 bits per heavy atom. The van der Waals surface area contributed by atoms with Crippen LogP contribution in [0.15, 0.2) is 53.0 Å². The van der Waals surface area contributed by atoms with E-state index < -0.39 is 6.03 Å². The van der Waals surface area contributed by atoms with Gasteiger partial charge in [-0.15, -0.1) is 0 Å². The van der Waals surface area contributed by atoms with E-state index in [1.165, 1.54) is 17.4 Å². The first-order valence-corrected chi connectivity index (χ1v) is 6.56. The highest BCUT2D eigenvalue weighted by molar-refractivity contribution is 6.13. The lowest BCUT2D eigenvalue weighted by molar-refractivity contribution is -0.123. The van der Waals surface area contributed by atoms with Gasteiger partial charge in [-0.3, -0.25) is 9.69 Å². The van der Waals surface area contributed by atoms with Gasteiger partial charge < -0.3 is 9.73 Å². The monoisotopic (exact) mass is 282 g/mol. The molecule has 0 spiro atoms. The van der Waals surface area contributed by atoms with E-state index in [9.17, 15) is 9.59 Å².